The molecule has 0 saturated carbocycles. The third-order valence-electron chi connectivity index (χ3n) is 3.86. The third-order valence-corrected chi connectivity index (χ3v) is 7.12. The first-order valence-electron chi connectivity index (χ1n) is 8.55. The first-order chi connectivity index (χ1) is 12.3. The highest BCUT2D eigenvalue weighted by Gasteiger charge is 2.35. The Bertz CT molecular complexity index is 703. The van der Waals surface area contributed by atoms with Crippen LogP contribution in [0.25, 0.3) is 0 Å². The van der Waals surface area contributed by atoms with E-state index in [2.05, 4.69) is 10.6 Å². The standard InChI is InChI=1S/C16H25N3O5S2/c1-12(2)6-7-17-15(20)16(21)18-11-13-19(8-4-9-24-13)26(22,23)14-5-3-10-25-14/h3,5,10,12-13H,4,6-9,11H2,1-2H3,(H,17,20)(H,18,21)/t13-/m0/s1. The van der Waals surface area contributed by atoms with Crippen LogP contribution in [0.1, 0.15) is 26.7 Å². The number of carbonyl (C=O) groups is 2. The fourth-order valence-electron chi connectivity index (χ4n) is 2.44. The fourth-order valence-corrected chi connectivity index (χ4v) is 5.13. The van der Waals surface area contributed by atoms with Gasteiger partial charge in [-0.05, 0) is 30.2 Å². The average molecular weight is 404 g/mol. The van der Waals surface area contributed by atoms with E-state index < -0.39 is 28.1 Å². The van der Waals surface area contributed by atoms with Crippen molar-refractivity contribution in [3.63, 3.8) is 0 Å². The first kappa shape index (κ1) is 20.8. The van der Waals surface area contributed by atoms with Crippen molar-refractivity contribution in [2.45, 2.75) is 37.1 Å². The van der Waals surface area contributed by atoms with Gasteiger partial charge in [0.2, 0.25) is 0 Å². The number of thiophene rings is 1. The average Bonchev–Trinajstić information content (AvgIpc) is 3.15. The van der Waals surface area contributed by atoms with Crippen LogP contribution in [0.5, 0.6) is 0 Å². The number of nitrogens with zero attached hydrogens (tertiary/aromatic N) is 1. The van der Waals surface area contributed by atoms with Crippen molar-refractivity contribution < 1.29 is 22.7 Å². The van der Waals surface area contributed by atoms with E-state index in [1.807, 2.05) is 13.8 Å². The smallest absolute Gasteiger partial charge is 0.309 e. The Morgan fingerprint density at radius 3 is 2.73 bits per heavy atom. The van der Waals surface area contributed by atoms with Gasteiger partial charge in [0.15, 0.2) is 0 Å². The van der Waals surface area contributed by atoms with Crippen molar-refractivity contribution in [2.75, 3.05) is 26.2 Å². The molecule has 2 amide bonds. The summed E-state index contributed by atoms with van der Waals surface area (Å²) in [7, 11) is -3.68. The van der Waals surface area contributed by atoms with E-state index in [0.29, 0.717) is 32.0 Å². The number of hydrogen-bond acceptors (Lipinski definition) is 6. The van der Waals surface area contributed by atoms with E-state index in [1.165, 1.54) is 10.4 Å². The summed E-state index contributed by atoms with van der Waals surface area (Å²) in [5, 5.41) is 6.69. The number of nitrogens with one attached hydrogen (secondary N) is 2. The number of rotatable bonds is 7. The van der Waals surface area contributed by atoms with Gasteiger partial charge in [0, 0.05) is 13.1 Å². The molecule has 0 aromatic carbocycles. The van der Waals surface area contributed by atoms with E-state index in [1.54, 1.807) is 11.4 Å². The van der Waals surface area contributed by atoms with Crippen LogP contribution < -0.4 is 10.6 Å². The molecule has 2 heterocycles. The second kappa shape index (κ2) is 9.45. The summed E-state index contributed by atoms with van der Waals surface area (Å²) in [5.41, 5.74) is 0. The molecule has 1 saturated heterocycles. The van der Waals surface area contributed by atoms with Gasteiger partial charge in [0.1, 0.15) is 10.4 Å². The highest BCUT2D eigenvalue weighted by atomic mass is 32.2. The normalized spacial score (nSPS) is 18.7. The minimum absolute atomic E-state index is 0.0823. The lowest BCUT2D eigenvalue weighted by Crippen LogP contribution is -2.53. The second-order valence-electron chi connectivity index (χ2n) is 6.38. The number of carbonyl (C=O) groups excluding carboxylic acids is 2. The maximum atomic E-state index is 12.7. The number of ether oxygens (including phenoxy) is 1. The van der Waals surface area contributed by atoms with Gasteiger partial charge >= 0.3 is 11.8 Å². The lowest BCUT2D eigenvalue weighted by Gasteiger charge is -2.34. The van der Waals surface area contributed by atoms with Gasteiger partial charge in [-0.3, -0.25) is 9.59 Å². The van der Waals surface area contributed by atoms with Gasteiger partial charge in [-0.1, -0.05) is 19.9 Å². The molecule has 146 valence electrons. The van der Waals surface area contributed by atoms with Crippen molar-refractivity contribution in [1.82, 2.24) is 14.9 Å². The zero-order chi connectivity index (χ0) is 19.2. The van der Waals surface area contributed by atoms with Gasteiger partial charge in [0.25, 0.3) is 10.0 Å². The summed E-state index contributed by atoms with van der Waals surface area (Å²) >= 11 is 1.13. The molecule has 8 nitrogen and oxygen atoms in total. The Balaban J connectivity index is 1.92. The Kier molecular flexibility index (Phi) is 7.56. The van der Waals surface area contributed by atoms with Gasteiger partial charge < -0.3 is 15.4 Å². The molecule has 2 N–H and O–H groups in total. The molecule has 0 unspecified atom stereocenters. The van der Waals surface area contributed by atoms with E-state index >= 15 is 0 Å². The molecule has 0 aliphatic carbocycles. The monoisotopic (exact) mass is 403 g/mol. The van der Waals surface area contributed by atoms with Crippen LogP contribution in [0.3, 0.4) is 0 Å². The molecule has 26 heavy (non-hydrogen) atoms. The summed E-state index contributed by atoms with van der Waals surface area (Å²) < 4.78 is 32.4. The molecule has 10 heteroatoms. The van der Waals surface area contributed by atoms with Gasteiger partial charge in [-0.15, -0.1) is 11.3 Å². The predicted molar refractivity (Wildman–Crippen MR) is 98.0 cm³/mol. The minimum atomic E-state index is -3.68. The van der Waals surface area contributed by atoms with Crippen molar-refractivity contribution in [3.05, 3.63) is 17.5 Å². The third kappa shape index (κ3) is 5.50. The number of sulfonamides is 1. The molecule has 0 radical (unpaired) electrons. The molecule has 1 aliphatic heterocycles. The Hall–Kier alpha value is -1.49. The molecule has 2 rings (SSSR count). The highest BCUT2D eigenvalue weighted by Crippen LogP contribution is 2.25. The van der Waals surface area contributed by atoms with Crippen molar-refractivity contribution in [1.29, 1.82) is 0 Å². The molecule has 1 aliphatic rings. The van der Waals surface area contributed by atoms with Crippen molar-refractivity contribution in [3.8, 4) is 0 Å². The topological polar surface area (TPSA) is 105 Å². The van der Waals surface area contributed by atoms with Crippen LogP contribution in [0, 0.1) is 5.92 Å². The Morgan fingerprint density at radius 2 is 2.08 bits per heavy atom. The fraction of sp³-hybridized carbons (Fsp3) is 0.625. The zero-order valence-corrected chi connectivity index (χ0v) is 16.6. The number of hydrogen-bond donors (Lipinski definition) is 2. The van der Waals surface area contributed by atoms with E-state index in [9.17, 15) is 18.0 Å². The summed E-state index contributed by atoms with van der Waals surface area (Å²) in [4.78, 5) is 23.7. The summed E-state index contributed by atoms with van der Waals surface area (Å²) in [6, 6.07) is 3.20. The zero-order valence-electron chi connectivity index (χ0n) is 14.9. The SMILES string of the molecule is CC(C)CCNC(=O)C(=O)NC[C@@H]1OCCCN1S(=O)(=O)c1cccs1. The molecule has 1 fully saturated rings. The van der Waals surface area contributed by atoms with Crippen LogP contribution in [-0.2, 0) is 24.3 Å². The van der Waals surface area contributed by atoms with Crippen LogP contribution in [0.4, 0.5) is 0 Å². The summed E-state index contributed by atoms with van der Waals surface area (Å²) in [6.45, 7) is 5.09. The second-order valence-corrected chi connectivity index (χ2v) is 9.44. The minimum Gasteiger partial charge on any atom is -0.360 e. The largest absolute Gasteiger partial charge is 0.360 e. The molecule has 0 bridgehead atoms. The summed E-state index contributed by atoms with van der Waals surface area (Å²) in [5.74, 6) is -1.10. The Morgan fingerprint density at radius 1 is 1.35 bits per heavy atom. The van der Waals surface area contributed by atoms with E-state index in [-0.39, 0.29) is 10.8 Å². The molecule has 1 aromatic rings. The highest BCUT2D eigenvalue weighted by molar-refractivity contribution is 7.91. The molecular formula is C16H25N3O5S2. The Labute approximate surface area is 158 Å². The lowest BCUT2D eigenvalue weighted by molar-refractivity contribution is -0.140. The van der Waals surface area contributed by atoms with Crippen LogP contribution >= 0.6 is 11.3 Å². The van der Waals surface area contributed by atoms with Gasteiger partial charge in [0.05, 0.1) is 13.2 Å². The quantitative estimate of drug-likeness (QED) is 0.654. The van der Waals surface area contributed by atoms with Gasteiger partial charge in [-0.2, -0.15) is 4.31 Å². The van der Waals surface area contributed by atoms with Gasteiger partial charge in [-0.25, -0.2) is 8.42 Å². The maximum absolute atomic E-state index is 12.7. The van der Waals surface area contributed by atoms with Crippen LogP contribution in [-0.4, -0.2) is 57.0 Å². The maximum Gasteiger partial charge on any atom is 0.309 e. The summed E-state index contributed by atoms with van der Waals surface area (Å²) in [6.07, 6.45) is 0.519. The number of amides is 2. The molecule has 0 spiro atoms. The van der Waals surface area contributed by atoms with Crippen molar-refractivity contribution >= 4 is 33.2 Å². The van der Waals surface area contributed by atoms with Crippen LogP contribution in [0.2, 0.25) is 0 Å². The first-order valence-corrected chi connectivity index (χ1v) is 10.9. The molecule has 1 aromatic heterocycles. The van der Waals surface area contributed by atoms with E-state index in [0.717, 1.165) is 17.8 Å². The molecular weight excluding hydrogens is 378 g/mol. The van der Waals surface area contributed by atoms with Crippen molar-refractivity contribution in [2.24, 2.45) is 5.92 Å². The lowest BCUT2D eigenvalue weighted by atomic mass is 10.1. The predicted octanol–water partition coefficient (Wildman–Crippen LogP) is 0.764. The van der Waals surface area contributed by atoms with Crippen LogP contribution in [0.15, 0.2) is 21.7 Å². The molecule has 1 atom stereocenters. The van der Waals surface area contributed by atoms with E-state index in [4.69, 9.17) is 4.74 Å².